The average Bonchev–Trinajstić information content (AvgIpc) is 2.47. The lowest BCUT2D eigenvalue weighted by Crippen LogP contribution is -2.14. The van der Waals surface area contributed by atoms with Gasteiger partial charge >= 0.3 is 0 Å². The molecule has 0 aliphatic heterocycles. The van der Waals surface area contributed by atoms with Crippen molar-refractivity contribution >= 4 is 17.5 Å². The molecule has 0 radical (unpaired) electrons. The molecule has 20 heavy (non-hydrogen) atoms. The molecular weight excluding hydrogens is 254 g/mol. The summed E-state index contributed by atoms with van der Waals surface area (Å²) in [5.74, 6) is 1.10. The minimum Gasteiger partial charge on any atom is -0.373 e. The van der Waals surface area contributed by atoms with Gasteiger partial charge in [-0.05, 0) is 30.2 Å². The van der Waals surface area contributed by atoms with E-state index in [1.54, 1.807) is 37.5 Å². The number of carbonyl (C=O) groups is 1. The molecular formula is C14H17N5O. The Hall–Kier alpha value is -2.50. The summed E-state index contributed by atoms with van der Waals surface area (Å²) in [6.07, 6.45) is 1.55. The molecule has 0 bridgehead atoms. The monoisotopic (exact) mass is 271 g/mol. The van der Waals surface area contributed by atoms with E-state index >= 15 is 0 Å². The van der Waals surface area contributed by atoms with Crippen molar-refractivity contribution in [3.8, 4) is 0 Å². The van der Waals surface area contributed by atoms with Crippen molar-refractivity contribution in [3.63, 3.8) is 0 Å². The molecule has 0 aliphatic rings. The standard InChI is InChI=1S/C14H17N5O/c1-9(2)11-7-10(8-13(15-3)17-11)14(20)18-12-5-4-6-16-19-12/h4-9H,1-3H3,(H,15,17)(H,18,19,20). The predicted molar refractivity (Wildman–Crippen MR) is 77.9 cm³/mol. The van der Waals surface area contributed by atoms with Gasteiger partial charge in [0, 0.05) is 24.5 Å². The van der Waals surface area contributed by atoms with Gasteiger partial charge in [0.2, 0.25) is 0 Å². The van der Waals surface area contributed by atoms with Gasteiger partial charge in [0.1, 0.15) is 5.82 Å². The average molecular weight is 271 g/mol. The lowest BCUT2D eigenvalue weighted by Gasteiger charge is -2.10. The molecule has 0 spiro atoms. The first-order valence-electron chi connectivity index (χ1n) is 6.39. The topological polar surface area (TPSA) is 79.8 Å². The molecule has 0 aromatic carbocycles. The van der Waals surface area contributed by atoms with Crippen LogP contribution in [-0.2, 0) is 0 Å². The van der Waals surface area contributed by atoms with Crippen LogP contribution in [0.1, 0.15) is 35.8 Å². The number of carbonyl (C=O) groups excluding carboxylic acids is 1. The Labute approximate surface area is 117 Å². The SMILES string of the molecule is CNc1cc(C(=O)Nc2cccnn2)cc(C(C)C)n1. The summed E-state index contributed by atoms with van der Waals surface area (Å²) >= 11 is 0. The molecule has 0 saturated heterocycles. The van der Waals surface area contributed by atoms with Crippen molar-refractivity contribution in [1.29, 1.82) is 0 Å². The molecule has 0 unspecified atom stereocenters. The zero-order valence-electron chi connectivity index (χ0n) is 11.7. The Morgan fingerprint density at radius 2 is 2.05 bits per heavy atom. The highest BCUT2D eigenvalue weighted by Crippen LogP contribution is 2.18. The molecule has 0 saturated carbocycles. The molecule has 2 aromatic rings. The maximum Gasteiger partial charge on any atom is 0.257 e. The Bertz CT molecular complexity index is 598. The first-order chi connectivity index (χ1) is 9.60. The summed E-state index contributed by atoms with van der Waals surface area (Å²) in [7, 11) is 1.77. The second-order valence-electron chi connectivity index (χ2n) is 4.63. The van der Waals surface area contributed by atoms with Crippen LogP contribution in [0.15, 0.2) is 30.5 Å². The smallest absolute Gasteiger partial charge is 0.257 e. The molecule has 1 amide bonds. The second kappa shape index (κ2) is 6.10. The minimum absolute atomic E-state index is 0.230. The van der Waals surface area contributed by atoms with Crippen molar-refractivity contribution in [2.45, 2.75) is 19.8 Å². The number of anilines is 2. The molecule has 0 atom stereocenters. The summed E-state index contributed by atoms with van der Waals surface area (Å²) < 4.78 is 0. The van der Waals surface area contributed by atoms with Crippen molar-refractivity contribution in [2.75, 3.05) is 17.7 Å². The van der Waals surface area contributed by atoms with Gasteiger partial charge in [-0.3, -0.25) is 4.79 Å². The van der Waals surface area contributed by atoms with Crippen LogP contribution < -0.4 is 10.6 Å². The van der Waals surface area contributed by atoms with Gasteiger partial charge in [0.25, 0.3) is 5.91 Å². The minimum atomic E-state index is -0.230. The molecule has 6 heteroatoms. The number of hydrogen-bond acceptors (Lipinski definition) is 5. The second-order valence-corrected chi connectivity index (χ2v) is 4.63. The zero-order valence-corrected chi connectivity index (χ0v) is 11.7. The van der Waals surface area contributed by atoms with Crippen molar-refractivity contribution < 1.29 is 4.79 Å². The molecule has 2 rings (SSSR count). The molecule has 2 aromatic heterocycles. The predicted octanol–water partition coefficient (Wildman–Crippen LogP) is 2.29. The number of nitrogens with one attached hydrogen (secondary N) is 2. The van der Waals surface area contributed by atoms with E-state index in [2.05, 4.69) is 25.8 Å². The van der Waals surface area contributed by atoms with E-state index in [0.717, 1.165) is 5.69 Å². The number of pyridine rings is 1. The van der Waals surface area contributed by atoms with Gasteiger partial charge in [-0.15, -0.1) is 5.10 Å². The van der Waals surface area contributed by atoms with Crippen LogP contribution >= 0.6 is 0 Å². The fourth-order valence-electron chi connectivity index (χ4n) is 1.66. The van der Waals surface area contributed by atoms with E-state index in [-0.39, 0.29) is 11.8 Å². The quantitative estimate of drug-likeness (QED) is 0.891. The number of rotatable bonds is 4. The zero-order chi connectivity index (χ0) is 14.5. The molecule has 2 N–H and O–H groups in total. The molecule has 2 heterocycles. The Balaban J connectivity index is 2.27. The summed E-state index contributed by atoms with van der Waals surface area (Å²) in [4.78, 5) is 16.6. The lowest BCUT2D eigenvalue weighted by atomic mass is 10.1. The molecule has 6 nitrogen and oxygen atoms in total. The van der Waals surface area contributed by atoms with Crippen LogP contribution in [0.3, 0.4) is 0 Å². The summed E-state index contributed by atoms with van der Waals surface area (Å²) in [5, 5.41) is 13.2. The normalized spacial score (nSPS) is 10.4. The lowest BCUT2D eigenvalue weighted by molar-refractivity contribution is 0.102. The fraction of sp³-hybridized carbons (Fsp3) is 0.286. The van der Waals surface area contributed by atoms with E-state index in [9.17, 15) is 4.79 Å². The van der Waals surface area contributed by atoms with Crippen LogP contribution in [0.4, 0.5) is 11.6 Å². The maximum atomic E-state index is 12.2. The van der Waals surface area contributed by atoms with Gasteiger partial charge in [0.15, 0.2) is 5.82 Å². The summed E-state index contributed by atoms with van der Waals surface area (Å²) in [6.45, 7) is 4.07. The Morgan fingerprint density at radius 1 is 1.25 bits per heavy atom. The van der Waals surface area contributed by atoms with Gasteiger partial charge in [-0.2, -0.15) is 5.10 Å². The van der Waals surface area contributed by atoms with Crippen molar-refractivity contribution in [2.24, 2.45) is 0 Å². The van der Waals surface area contributed by atoms with E-state index in [4.69, 9.17) is 0 Å². The summed E-state index contributed by atoms with van der Waals surface area (Å²) in [5.41, 5.74) is 1.40. The third kappa shape index (κ3) is 3.28. The third-order valence-electron chi connectivity index (χ3n) is 2.77. The van der Waals surface area contributed by atoms with Gasteiger partial charge in [0.05, 0.1) is 0 Å². The number of amides is 1. The highest BCUT2D eigenvalue weighted by molar-refractivity contribution is 6.04. The number of aromatic nitrogens is 3. The van der Waals surface area contributed by atoms with Crippen LogP contribution in [0, 0.1) is 0 Å². The summed E-state index contributed by atoms with van der Waals surface area (Å²) in [6, 6.07) is 6.90. The highest BCUT2D eigenvalue weighted by atomic mass is 16.1. The first-order valence-corrected chi connectivity index (χ1v) is 6.39. The Kier molecular flexibility index (Phi) is 4.24. The molecule has 0 aliphatic carbocycles. The fourth-order valence-corrected chi connectivity index (χ4v) is 1.66. The van der Waals surface area contributed by atoms with Gasteiger partial charge in [-0.1, -0.05) is 13.8 Å². The van der Waals surface area contributed by atoms with Crippen molar-refractivity contribution in [1.82, 2.24) is 15.2 Å². The first kappa shape index (κ1) is 13.9. The Morgan fingerprint density at radius 3 is 2.65 bits per heavy atom. The van der Waals surface area contributed by atoms with Crippen molar-refractivity contribution in [3.05, 3.63) is 41.7 Å². The van der Waals surface area contributed by atoms with Crippen LogP contribution in [0.2, 0.25) is 0 Å². The molecule has 104 valence electrons. The molecule has 0 fully saturated rings. The van der Waals surface area contributed by atoms with Crippen LogP contribution in [-0.4, -0.2) is 28.1 Å². The van der Waals surface area contributed by atoms with E-state index in [1.807, 2.05) is 13.8 Å². The largest absolute Gasteiger partial charge is 0.373 e. The van der Waals surface area contributed by atoms with E-state index < -0.39 is 0 Å². The highest BCUT2D eigenvalue weighted by Gasteiger charge is 2.12. The van der Waals surface area contributed by atoms with Gasteiger partial charge < -0.3 is 10.6 Å². The number of hydrogen-bond donors (Lipinski definition) is 2. The maximum absolute atomic E-state index is 12.2. The van der Waals surface area contributed by atoms with E-state index in [1.165, 1.54) is 0 Å². The van der Waals surface area contributed by atoms with Gasteiger partial charge in [-0.25, -0.2) is 4.98 Å². The van der Waals surface area contributed by atoms with Crippen LogP contribution in [0.5, 0.6) is 0 Å². The third-order valence-corrected chi connectivity index (χ3v) is 2.77. The number of nitrogens with zero attached hydrogens (tertiary/aromatic N) is 3. The van der Waals surface area contributed by atoms with Crippen LogP contribution in [0.25, 0.3) is 0 Å². The van der Waals surface area contributed by atoms with E-state index in [0.29, 0.717) is 17.2 Å².